The van der Waals surface area contributed by atoms with E-state index in [9.17, 15) is 13.4 Å². The highest BCUT2D eigenvalue weighted by molar-refractivity contribution is 7.84. The van der Waals surface area contributed by atoms with Gasteiger partial charge in [0.25, 0.3) is 0 Å². The third-order valence-corrected chi connectivity index (χ3v) is 4.66. The van der Waals surface area contributed by atoms with Crippen molar-refractivity contribution >= 4 is 28.9 Å². The Hall–Kier alpha value is -0.850. The van der Waals surface area contributed by atoms with Gasteiger partial charge in [-0.2, -0.15) is 0 Å². The quantitative estimate of drug-likeness (QED) is 0.670. The van der Waals surface area contributed by atoms with Gasteiger partial charge in [-0.15, -0.1) is 0 Å². The largest absolute Gasteiger partial charge is 0.303 e. The highest BCUT2D eigenvalue weighted by atomic mass is 35.5. The van der Waals surface area contributed by atoms with Crippen LogP contribution in [-0.2, 0) is 21.3 Å². The number of rotatable bonds is 5. The molecule has 4 nitrogen and oxygen atoms in total. The van der Waals surface area contributed by atoms with Gasteiger partial charge in [0.2, 0.25) is 0 Å². The van der Waals surface area contributed by atoms with Gasteiger partial charge >= 0.3 is 0 Å². The zero-order chi connectivity index (χ0) is 15.6. The molecular weight excluding hydrogens is 303 g/mol. The Bertz CT molecular complexity index is 534. The summed E-state index contributed by atoms with van der Waals surface area (Å²) < 4.78 is 28.4. The van der Waals surface area contributed by atoms with Crippen molar-refractivity contribution in [1.29, 1.82) is 0 Å². The Morgan fingerprint density at radius 3 is 2.50 bits per heavy atom. The second kappa shape index (κ2) is 6.28. The molecule has 112 valence electrons. The van der Waals surface area contributed by atoms with Gasteiger partial charge in [0.1, 0.15) is 17.3 Å². The third kappa shape index (κ3) is 4.07. The van der Waals surface area contributed by atoms with Crippen molar-refractivity contribution in [3.05, 3.63) is 28.8 Å². The van der Waals surface area contributed by atoms with Crippen molar-refractivity contribution < 1.29 is 13.4 Å². The molecule has 0 amide bonds. The third-order valence-electron chi connectivity index (χ3n) is 2.70. The number of hydrogen-bond acceptors (Lipinski definition) is 3. The molecule has 7 heteroatoms. The summed E-state index contributed by atoms with van der Waals surface area (Å²) in [7, 11) is -1.48. The van der Waals surface area contributed by atoms with Gasteiger partial charge in [0.15, 0.2) is 0 Å². The van der Waals surface area contributed by atoms with Gasteiger partial charge < -0.3 is 4.79 Å². The van der Waals surface area contributed by atoms with E-state index in [1.54, 1.807) is 27.7 Å². The summed E-state index contributed by atoms with van der Waals surface area (Å²) in [5, 5.41) is 0.113. The first kappa shape index (κ1) is 17.2. The molecule has 1 rings (SSSR count). The van der Waals surface area contributed by atoms with Crippen LogP contribution in [0.25, 0.3) is 0 Å². The molecule has 0 fully saturated rings. The molecule has 0 aliphatic carbocycles. The van der Waals surface area contributed by atoms with Gasteiger partial charge in [-0.1, -0.05) is 11.6 Å². The second-order valence-corrected chi connectivity index (χ2v) is 8.00. The van der Waals surface area contributed by atoms with Crippen molar-refractivity contribution in [3.63, 3.8) is 0 Å². The molecule has 0 spiro atoms. The Balaban J connectivity index is 3.24. The first-order valence-corrected chi connectivity index (χ1v) is 7.59. The predicted molar refractivity (Wildman–Crippen MR) is 78.3 cm³/mol. The molecule has 2 atom stereocenters. The first-order valence-electron chi connectivity index (χ1n) is 6.06. The lowest BCUT2D eigenvalue weighted by molar-refractivity contribution is -0.108. The fourth-order valence-electron chi connectivity index (χ4n) is 1.52. The number of nitrogens with zero attached hydrogens (tertiary/aromatic N) is 1. The average Bonchev–Trinajstić information content (AvgIpc) is 2.31. The standard InChI is InChI=1S/C13H18ClFN2O2S/c1-12(2,3)20(19)17-13(4,7-8-18)11-9(15)5-6-10(14)16-11/h5-6,8,17H,7H2,1-4H3. The number of aromatic nitrogens is 1. The van der Waals surface area contributed by atoms with E-state index in [-0.39, 0.29) is 17.3 Å². The summed E-state index contributed by atoms with van der Waals surface area (Å²) >= 11 is 5.78. The topological polar surface area (TPSA) is 59.1 Å². The number of nitrogens with one attached hydrogen (secondary N) is 1. The van der Waals surface area contributed by atoms with Crippen LogP contribution in [0.5, 0.6) is 0 Å². The molecule has 0 saturated carbocycles. The zero-order valence-corrected chi connectivity index (χ0v) is 13.4. The van der Waals surface area contributed by atoms with Crippen LogP contribution in [0.4, 0.5) is 4.39 Å². The molecule has 1 heterocycles. The van der Waals surface area contributed by atoms with E-state index in [1.165, 1.54) is 12.1 Å². The molecule has 2 unspecified atom stereocenters. The van der Waals surface area contributed by atoms with E-state index in [0.717, 1.165) is 0 Å². The molecule has 0 aliphatic heterocycles. The molecule has 20 heavy (non-hydrogen) atoms. The minimum absolute atomic E-state index is 0.0188. The smallest absolute Gasteiger partial charge is 0.146 e. The maximum atomic E-state index is 14.0. The summed E-state index contributed by atoms with van der Waals surface area (Å²) in [6, 6.07) is 2.50. The molecule has 1 aromatic heterocycles. The minimum atomic E-state index is -1.48. The SMILES string of the molecule is CC(CC=O)(NS(=O)C(C)(C)C)c1nc(Cl)ccc1F. The lowest BCUT2D eigenvalue weighted by atomic mass is 9.95. The molecule has 1 N–H and O–H groups in total. The van der Waals surface area contributed by atoms with Crippen LogP contribution < -0.4 is 4.72 Å². The van der Waals surface area contributed by atoms with E-state index >= 15 is 0 Å². The Kier molecular flexibility index (Phi) is 5.40. The predicted octanol–water partition coefficient (Wildman–Crippen LogP) is 2.73. The molecule has 1 aromatic rings. The maximum absolute atomic E-state index is 14.0. The molecule has 0 saturated heterocycles. The molecule has 0 aliphatic rings. The van der Waals surface area contributed by atoms with Crippen LogP contribution in [0.2, 0.25) is 5.15 Å². The van der Waals surface area contributed by atoms with E-state index in [1.807, 2.05) is 0 Å². The van der Waals surface area contributed by atoms with Crippen LogP contribution in [0.1, 0.15) is 39.8 Å². The Morgan fingerprint density at radius 1 is 1.40 bits per heavy atom. The zero-order valence-electron chi connectivity index (χ0n) is 11.9. The summed E-state index contributed by atoms with van der Waals surface area (Å²) in [4.78, 5) is 14.8. The second-order valence-electron chi connectivity index (χ2n) is 5.65. The van der Waals surface area contributed by atoms with Gasteiger partial charge in [-0.25, -0.2) is 18.3 Å². The fourth-order valence-corrected chi connectivity index (χ4v) is 2.56. The molecule has 0 radical (unpaired) electrons. The average molecular weight is 321 g/mol. The summed E-state index contributed by atoms with van der Waals surface area (Å²) in [6.07, 6.45) is 0.563. The van der Waals surface area contributed by atoms with Gasteiger partial charge in [-0.3, -0.25) is 0 Å². The number of carbonyl (C=O) groups is 1. The normalized spacial score (nSPS) is 16.5. The summed E-state index contributed by atoms with van der Waals surface area (Å²) in [5.74, 6) is -0.600. The van der Waals surface area contributed by atoms with Crippen LogP contribution in [-0.4, -0.2) is 20.2 Å². The number of carbonyl (C=O) groups excluding carboxylic acids is 1. The van der Waals surface area contributed by atoms with Crippen molar-refractivity contribution in [1.82, 2.24) is 9.71 Å². The van der Waals surface area contributed by atoms with Crippen LogP contribution >= 0.6 is 11.6 Å². The molecule has 0 aromatic carbocycles. The van der Waals surface area contributed by atoms with Crippen LogP contribution in [0, 0.1) is 5.82 Å². The van der Waals surface area contributed by atoms with Gasteiger partial charge in [0, 0.05) is 6.42 Å². The number of aldehydes is 1. The first-order chi connectivity index (χ1) is 9.10. The number of halogens is 2. The number of pyridine rings is 1. The molecular formula is C13H18ClFN2O2S. The van der Waals surface area contributed by atoms with Crippen molar-refractivity contribution in [2.24, 2.45) is 0 Å². The van der Waals surface area contributed by atoms with Crippen molar-refractivity contribution in [3.8, 4) is 0 Å². The van der Waals surface area contributed by atoms with Gasteiger partial charge in [-0.05, 0) is 39.8 Å². The minimum Gasteiger partial charge on any atom is -0.303 e. The van der Waals surface area contributed by atoms with E-state index in [4.69, 9.17) is 11.6 Å². The lowest BCUT2D eigenvalue weighted by Gasteiger charge is -2.31. The highest BCUT2D eigenvalue weighted by Crippen LogP contribution is 2.28. The fraction of sp³-hybridized carbons (Fsp3) is 0.538. The Morgan fingerprint density at radius 2 is 2.00 bits per heavy atom. The summed E-state index contributed by atoms with van der Waals surface area (Å²) in [5.41, 5.74) is -1.20. The van der Waals surface area contributed by atoms with E-state index in [2.05, 4.69) is 9.71 Å². The summed E-state index contributed by atoms with van der Waals surface area (Å²) in [6.45, 7) is 6.91. The van der Waals surface area contributed by atoms with Crippen LogP contribution in [0.15, 0.2) is 12.1 Å². The number of hydrogen-bond donors (Lipinski definition) is 1. The highest BCUT2D eigenvalue weighted by Gasteiger charge is 2.35. The van der Waals surface area contributed by atoms with Crippen molar-refractivity contribution in [2.75, 3.05) is 0 Å². The lowest BCUT2D eigenvalue weighted by Crippen LogP contribution is -2.47. The monoisotopic (exact) mass is 320 g/mol. The Labute approximate surface area is 125 Å². The van der Waals surface area contributed by atoms with E-state index < -0.39 is 27.1 Å². The molecule has 0 bridgehead atoms. The van der Waals surface area contributed by atoms with E-state index in [0.29, 0.717) is 6.29 Å². The van der Waals surface area contributed by atoms with Gasteiger partial charge in [0.05, 0.1) is 27.0 Å². The van der Waals surface area contributed by atoms with Crippen LogP contribution in [0.3, 0.4) is 0 Å². The maximum Gasteiger partial charge on any atom is 0.146 e. The van der Waals surface area contributed by atoms with Crippen molar-refractivity contribution in [2.45, 2.75) is 44.4 Å².